The molecule has 0 aromatic heterocycles. The molecule has 1 aliphatic heterocycles. The molecule has 2 N–H and O–H groups in total. The van der Waals surface area contributed by atoms with Crippen molar-refractivity contribution in [3.8, 4) is 0 Å². The number of carboxylic acid groups (broad SMARTS) is 1. The van der Waals surface area contributed by atoms with E-state index in [9.17, 15) is 14.4 Å². The minimum Gasteiger partial charge on any atom is -0.481 e. The zero-order valence-electron chi connectivity index (χ0n) is 15.4. The Hall–Kier alpha value is -2.37. The number of nitrogens with one attached hydrogen (secondary N) is 1. The maximum absolute atomic E-state index is 12.8. The molecule has 1 aromatic carbocycles. The Kier molecular flexibility index (Phi) is 7.18. The molecule has 2 amide bonds. The fourth-order valence-electron chi connectivity index (χ4n) is 3.41. The smallest absolute Gasteiger partial charge is 0.303 e. The Morgan fingerprint density at radius 1 is 1.12 bits per heavy atom. The van der Waals surface area contributed by atoms with Gasteiger partial charge in [0.05, 0.1) is 0 Å². The summed E-state index contributed by atoms with van der Waals surface area (Å²) in [6.45, 7) is 2.98. The summed E-state index contributed by atoms with van der Waals surface area (Å²) in [6, 6.07) is 9.06. The average Bonchev–Trinajstić information content (AvgIpc) is 3.03. The largest absolute Gasteiger partial charge is 0.481 e. The second-order valence-electron chi connectivity index (χ2n) is 7.01. The first kappa shape index (κ1) is 19.9. The molecular formula is C20H28N2O4. The molecular weight excluding hydrogens is 332 g/mol. The molecule has 26 heavy (non-hydrogen) atoms. The van der Waals surface area contributed by atoms with Crippen LogP contribution in [0.4, 0.5) is 0 Å². The lowest BCUT2D eigenvalue weighted by Crippen LogP contribution is -2.55. The summed E-state index contributed by atoms with van der Waals surface area (Å²) in [7, 11) is 0. The van der Waals surface area contributed by atoms with E-state index in [2.05, 4.69) is 5.32 Å². The molecule has 1 atom stereocenters. The zero-order chi connectivity index (χ0) is 19.0. The number of carbonyl (C=O) groups excluding carboxylic acids is 2. The van der Waals surface area contributed by atoms with E-state index in [0.717, 1.165) is 25.7 Å². The maximum Gasteiger partial charge on any atom is 0.303 e. The lowest BCUT2D eigenvalue weighted by Gasteiger charge is -2.34. The fourth-order valence-corrected chi connectivity index (χ4v) is 3.41. The van der Waals surface area contributed by atoms with Gasteiger partial charge in [-0.3, -0.25) is 14.4 Å². The highest BCUT2D eigenvalue weighted by Gasteiger charge is 2.45. The Labute approximate surface area is 154 Å². The van der Waals surface area contributed by atoms with Crippen LogP contribution >= 0.6 is 0 Å². The summed E-state index contributed by atoms with van der Waals surface area (Å²) >= 11 is 0. The highest BCUT2D eigenvalue weighted by molar-refractivity contribution is 5.99. The topological polar surface area (TPSA) is 86.7 Å². The van der Waals surface area contributed by atoms with Gasteiger partial charge in [-0.25, -0.2) is 0 Å². The first-order chi connectivity index (χ1) is 12.4. The molecule has 1 aliphatic rings. The van der Waals surface area contributed by atoms with Crippen molar-refractivity contribution in [3.63, 3.8) is 0 Å². The highest BCUT2D eigenvalue weighted by atomic mass is 16.4. The normalized spacial score (nSPS) is 19.3. The quantitative estimate of drug-likeness (QED) is 0.663. The van der Waals surface area contributed by atoms with E-state index in [1.165, 1.54) is 0 Å². The second kappa shape index (κ2) is 9.36. The van der Waals surface area contributed by atoms with Crippen molar-refractivity contribution in [1.82, 2.24) is 10.2 Å². The second-order valence-corrected chi connectivity index (χ2v) is 7.01. The standard InChI is InChI=1S/C20H28N2O4/c1-20(19(26)21-14-8-3-2-7-12-17(23)24)13-9-15-22(20)18(25)16-10-5-4-6-11-16/h4-6,10-11H,2-3,7-9,12-15H2,1H3,(H,21,26)(H,23,24). The van der Waals surface area contributed by atoms with E-state index in [-0.39, 0.29) is 18.2 Å². The van der Waals surface area contributed by atoms with Crippen molar-refractivity contribution in [2.45, 2.75) is 57.4 Å². The van der Waals surface area contributed by atoms with Crippen LogP contribution in [-0.4, -0.2) is 46.4 Å². The van der Waals surface area contributed by atoms with Gasteiger partial charge in [-0.15, -0.1) is 0 Å². The first-order valence-corrected chi connectivity index (χ1v) is 9.32. The maximum atomic E-state index is 12.8. The molecule has 6 heteroatoms. The summed E-state index contributed by atoms with van der Waals surface area (Å²) in [5.74, 6) is -0.977. The van der Waals surface area contributed by atoms with Gasteiger partial charge < -0.3 is 15.3 Å². The molecule has 1 saturated heterocycles. The fraction of sp³-hybridized carbons (Fsp3) is 0.550. The first-order valence-electron chi connectivity index (χ1n) is 9.32. The Morgan fingerprint density at radius 3 is 2.50 bits per heavy atom. The molecule has 0 spiro atoms. The van der Waals surface area contributed by atoms with Gasteiger partial charge in [-0.05, 0) is 44.7 Å². The summed E-state index contributed by atoms with van der Waals surface area (Å²) in [4.78, 5) is 37.6. The molecule has 0 radical (unpaired) electrons. The Balaban J connectivity index is 1.82. The molecule has 1 heterocycles. The lowest BCUT2D eigenvalue weighted by atomic mass is 9.96. The molecule has 0 aliphatic carbocycles. The summed E-state index contributed by atoms with van der Waals surface area (Å²) in [5.41, 5.74) is -0.206. The Bertz CT molecular complexity index is 632. The molecule has 0 saturated carbocycles. The van der Waals surface area contributed by atoms with Crippen LogP contribution in [0.1, 0.15) is 62.2 Å². The van der Waals surface area contributed by atoms with Gasteiger partial charge in [0.1, 0.15) is 5.54 Å². The van der Waals surface area contributed by atoms with Gasteiger partial charge in [0.15, 0.2) is 0 Å². The SMILES string of the molecule is CC1(C(=O)NCCCCCCC(=O)O)CCCN1C(=O)c1ccccc1. The molecule has 1 fully saturated rings. The van der Waals surface area contributed by atoms with Crippen molar-refractivity contribution in [1.29, 1.82) is 0 Å². The molecule has 1 unspecified atom stereocenters. The molecule has 1 aromatic rings. The summed E-state index contributed by atoms with van der Waals surface area (Å²) < 4.78 is 0. The number of unbranched alkanes of at least 4 members (excludes halogenated alkanes) is 3. The van der Waals surface area contributed by atoms with E-state index in [4.69, 9.17) is 5.11 Å². The van der Waals surface area contributed by atoms with E-state index in [0.29, 0.717) is 31.5 Å². The van der Waals surface area contributed by atoms with E-state index in [1.54, 1.807) is 17.0 Å². The van der Waals surface area contributed by atoms with Crippen molar-refractivity contribution < 1.29 is 19.5 Å². The van der Waals surface area contributed by atoms with Crippen LogP contribution in [0.15, 0.2) is 30.3 Å². The van der Waals surface area contributed by atoms with Crippen LogP contribution in [0.2, 0.25) is 0 Å². The summed E-state index contributed by atoms with van der Waals surface area (Å²) in [5, 5.41) is 11.6. The van der Waals surface area contributed by atoms with Crippen LogP contribution in [-0.2, 0) is 9.59 Å². The lowest BCUT2D eigenvalue weighted by molar-refractivity contribution is -0.137. The highest BCUT2D eigenvalue weighted by Crippen LogP contribution is 2.30. The van der Waals surface area contributed by atoms with Crippen LogP contribution in [0.3, 0.4) is 0 Å². The number of rotatable bonds is 9. The van der Waals surface area contributed by atoms with Crippen molar-refractivity contribution >= 4 is 17.8 Å². The van der Waals surface area contributed by atoms with Gasteiger partial charge >= 0.3 is 5.97 Å². The number of carboxylic acids is 1. The number of amides is 2. The third-order valence-corrected chi connectivity index (χ3v) is 5.00. The molecule has 2 rings (SSSR count). The van der Waals surface area contributed by atoms with Gasteiger partial charge in [0.2, 0.25) is 5.91 Å². The number of benzene rings is 1. The Morgan fingerprint density at radius 2 is 1.81 bits per heavy atom. The van der Waals surface area contributed by atoms with Gasteiger partial charge in [-0.1, -0.05) is 31.0 Å². The predicted molar refractivity (Wildman–Crippen MR) is 98.8 cm³/mol. The number of hydrogen-bond acceptors (Lipinski definition) is 3. The molecule has 142 valence electrons. The van der Waals surface area contributed by atoms with Crippen molar-refractivity contribution in [2.75, 3.05) is 13.1 Å². The third-order valence-electron chi connectivity index (χ3n) is 5.00. The van der Waals surface area contributed by atoms with E-state index < -0.39 is 11.5 Å². The van der Waals surface area contributed by atoms with Crippen LogP contribution in [0.5, 0.6) is 0 Å². The van der Waals surface area contributed by atoms with Crippen LogP contribution in [0, 0.1) is 0 Å². The van der Waals surface area contributed by atoms with Gasteiger partial charge in [0.25, 0.3) is 5.91 Å². The number of likely N-dealkylation sites (tertiary alicyclic amines) is 1. The number of nitrogens with zero attached hydrogens (tertiary/aromatic N) is 1. The van der Waals surface area contributed by atoms with Crippen LogP contribution in [0.25, 0.3) is 0 Å². The number of hydrogen-bond donors (Lipinski definition) is 2. The average molecular weight is 360 g/mol. The van der Waals surface area contributed by atoms with Gasteiger partial charge in [0, 0.05) is 25.1 Å². The molecule has 6 nitrogen and oxygen atoms in total. The monoisotopic (exact) mass is 360 g/mol. The van der Waals surface area contributed by atoms with Crippen molar-refractivity contribution in [2.24, 2.45) is 0 Å². The number of aliphatic carboxylic acids is 1. The van der Waals surface area contributed by atoms with E-state index >= 15 is 0 Å². The predicted octanol–water partition coefficient (Wildman–Crippen LogP) is 2.83. The summed E-state index contributed by atoms with van der Waals surface area (Å²) in [6.07, 6.45) is 4.89. The molecule has 0 bridgehead atoms. The van der Waals surface area contributed by atoms with Crippen molar-refractivity contribution in [3.05, 3.63) is 35.9 Å². The zero-order valence-corrected chi connectivity index (χ0v) is 15.4. The number of carbonyl (C=O) groups is 3. The minimum absolute atomic E-state index is 0.102. The van der Waals surface area contributed by atoms with Gasteiger partial charge in [-0.2, -0.15) is 0 Å². The van der Waals surface area contributed by atoms with Crippen LogP contribution < -0.4 is 5.32 Å². The van der Waals surface area contributed by atoms with E-state index in [1.807, 2.05) is 25.1 Å². The third kappa shape index (κ3) is 5.07. The minimum atomic E-state index is -0.809.